The van der Waals surface area contributed by atoms with E-state index in [1.54, 1.807) is 24.3 Å². The van der Waals surface area contributed by atoms with Gasteiger partial charge in [0.05, 0.1) is 12.7 Å². The third-order valence-corrected chi connectivity index (χ3v) is 4.77. The third-order valence-electron chi connectivity index (χ3n) is 4.33. The molecule has 0 atom stereocenters. The Kier molecular flexibility index (Phi) is 6.50. The SMILES string of the molecule is COC(=O)c1ccc(-c2ccccc2)cc1CC(=O)Cc1cc(Cl)cc(Cl)c1. The normalized spacial score (nSPS) is 10.5. The van der Waals surface area contributed by atoms with Crippen LogP contribution < -0.4 is 0 Å². The van der Waals surface area contributed by atoms with E-state index in [-0.39, 0.29) is 18.6 Å². The minimum atomic E-state index is -0.465. The van der Waals surface area contributed by atoms with Crippen molar-refractivity contribution < 1.29 is 14.3 Å². The lowest BCUT2D eigenvalue weighted by molar-refractivity contribution is -0.117. The molecule has 3 aromatic rings. The largest absolute Gasteiger partial charge is 0.465 e. The number of ketones is 1. The molecule has 142 valence electrons. The van der Waals surface area contributed by atoms with Crippen molar-refractivity contribution in [2.75, 3.05) is 7.11 Å². The molecule has 0 aliphatic heterocycles. The van der Waals surface area contributed by atoms with Gasteiger partial charge in [-0.1, -0.05) is 59.6 Å². The number of esters is 1. The van der Waals surface area contributed by atoms with E-state index in [0.29, 0.717) is 21.2 Å². The Bertz CT molecular complexity index is 993. The number of methoxy groups -OCH3 is 1. The smallest absolute Gasteiger partial charge is 0.338 e. The fraction of sp³-hybridized carbons (Fsp3) is 0.130. The summed E-state index contributed by atoms with van der Waals surface area (Å²) in [5.74, 6) is -0.512. The molecule has 3 aromatic carbocycles. The summed E-state index contributed by atoms with van der Waals surface area (Å²) in [4.78, 5) is 24.8. The monoisotopic (exact) mass is 412 g/mol. The molecule has 0 N–H and O–H groups in total. The van der Waals surface area contributed by atoms with E-state index in [4.69, 9.17) is 27.9 Å². The molecule has 3 rings (SSSR count). The molecule has 0 fully saturated rings. The highest BCUT2D eigenvalue weighted by Gasteiger charge is 2.16. The summed E-state index contributed by atoms with van der Waals surface area (Å²) in [6, 6.07) is 20.3. The number of Topliss-reactive ketones (excluding diaryl/α,β-unsaturated/α-hetero) is 1. The zero-order valence-electron chi connectivity index (χ0n) is 15.2. The lowest BCUT2D eigenvalue weighted by Crippen LogP contribution is -2.12. The van der Waals surface area contributed by atoms with Gasteiger partial charge in [-0.25, -0.2) is 4.79 Å². The maximum atomic E-state index is 12.7. The first-order valence-electron chi connectivity index (χ1n) is 8.69. The van der Waals surface area contributed by atoms with Crippen LogP contribution in [0.1, 0.15) is 21.5 Å². The number of halogens is 2. The number of rotatable bonds is 6. The summed E-state index contributed by atoms with van der Waals surface area (Å²) >= 11 is 12.0. The van der Waals surface area contributed by atoms with Crippen LogP contribution in [0.4, 0.5) is 0 Å². The van der Waals surface area contributed by atoms with Crippen LogP contribution in [0.15, 0.2) is 66.7 Å². The van der Waals surface area contributed by atoms with Crippen molar-refractivity contribution in [3.63, 3.8) is 0 Å². The summed E-state index contributed by atoms with van der Waals surface area (Å²) in [5, 5.41) is 0.966. The average Bonchev–Trinajstić information content (AvgIpc) is 2.67. The number of hydrogen-bond acceptors (Lipinski definition) is 3. The second-order valence-electron chi connectivity index (χ2n) is 6.40. The zero-order valence-corrected chi connectivity index (χ0v) is 16.8. The predicted octanol–water partition coefficient (Wildman–Crippen LogP) is 5.80. The van der Waals surface area contributed by atoms with Gasteiger partial charge < -0.3 is 4.74 Å². The second-order valence-corrected chi connectivity index (χ2v) is 7.27. The van der Waals surface area contributed by atoms with E-state index >= 15 is 0 Å². The van der Waals surface area contributed by atoms with Crippen LogP contribution in [0, 0.1) is 0 Å². The summed E-state index contributed by atoms with van der Waals surface area (Å²) in [6.07, 6.45) is 0.283. The summed E-state index contributed by atoms with van der Waals surface area (Å²) in [5.41, 5.74) is 3.70. The van der Waals surface area contributed by atoms with Crippen molar-refractivity contribution in [1.82, 2.24) is 0 Å². The van der Waals surface area contributed by atoms with Gasteiger partial charge >= 0.3 is 5.97 Å². The van der Waals surface area contributed by atoms with Gasteiger partial charge in [0.2, 0.25) is 0 Å². The quantitative estimate of drug-likeness (QED) is 0.480. The first-order chi connectivity index (χ1) is 13.5. The molecule has 0 aliphatic rings. The molecule has 0 bridgehead atoms. The first-order valence-corrected chi connectivity index (χ1v) is 9.45. The Morgan fingerprint density at radius 2 is 1.50 bits per heavy atom. The first kappa shape index (κ1) is 20.1. The summed E-state index contributed by atoms with van der Waals surface area (Å²) in [7, 11) is 1.33. The van der Waals surface area contributed by atoms with E-state index in [0.717, 1.165) is 16.7 Å². The van der Waals surface area contributed by atoms with Gasteiger partial charge in [-0.15, -0.1) is 0 Å². The Labute approximate surface area is 173 Å². The van der Waals surface area contributed by atoms with E-state index in [1.807, 2.05) is 42.5 Å². The number of ether oxygens (including phenoxy) is 1. The molecule has 3 nitrogen and oxygen atoms in total. The standard InChI is InChI=1S/C23H18Cl2O3/c1-28-23(27)22-8-7-17(16-5-3-2-4-6-16)12-18(22)13-21(26)11-15-9-19(24)14-20(25)10-15/h2-10,12,14H,11,13H2,1H3. The summed E-state index contributed by atoms with van der Waals surface area (Å²) < 4.78 is 4.87. The Balaban J connectivity index is 1.89. The Hall–Kier alpha value is -2.62. The highest BCUT2D eigenvalue weighted by atomic mass is 35.5. The fourth-order valence-electron chi connectivity index (χ4n) is 3.07. The molecule has 0 aromatic heterocycles. The number of benzene rings is 3. The lowest BCUT2D eigenvalue weighted by Gasteiger charge is -2.11. The van der Waals surface area contributed by atoms with Crippen LogP contribution in [0.2, 0.25) is 10.0 Å². The molecule has 0 saturated carbocycles. The van der Waals surface area contributed by atoms with E-state index in [1.165, 1.54) is 7.11 Å². The van der Waals surface area contributed by atoms with Crippen LogP contribution >= 0.6 is 23.2 Å². The summed E-state index contributed by atoms with van der Waals surface area (Å²) in [6.45, 7) is 0. The maximum Gasteiger partial charge on any atom is 0.338 e. The molecular weight excluding hydrogens is 395 g/mol. The van der Waals surface area contributed by atoms with Crippen molar-refractivity contribution in [3.8, 4) is 11.1 Å². The van der Waals surface area contributed by atoms with E-state index in [2.05, 4.69) is 0 Å². The van der Waals surface area contributed by atoms with Crippen LogP contribution in [0.5, 0.6) is 0 Å². The third kappa shape index (κ3) is 5.00. The van der Waals surface area contributed by atoms with Crippen molar-refractivity contribution in [2.24, 2.45) is 0 Å². The van der Waals surface area contributed by atoms with E-state index < -0.39 is 5.97 Å². The van der Waals surface area contributed by atoms with Crippen molar-refractivity contribution in [2.45, 2.75) is 12.8 Å². The molecule has 0 amide bonds. The minimum Gasteiger partial charge on any atom is -0.465 e. The van der Waals surface area contributed by atoms with Gasteiger partial charge in [-0.3, -0.25) is 4.79 Å². The predicted molar refractivity (Wildman–Crippen MR) is 112 cm³/mol. The lowest BCUT2D eigenvalue weighted by atomic mass is 9.94. The molecule has 5 heteroatoms. The van der Waals surface area contributed by atoms with Gasteiger partial charge in [0.1, 0.15) is 5.78 Å². The van der Waals surface area contributed by atoms with Crippen LogP contribution in [0.3, 0.4) is 0 Å². The minimum absolute atomic E-state index is 0.0475. The molecule has 28 heavy (non-hydrogen) atoms. The fourth-order valence-corrected chi connectivity index (χ4v) is 3.65. The molecule has 0 saturated heterocycles. The van der Waals surface area contributed by atoms with Crippen molar-refractivity contribution >= 4 is 35.0 Å². The number of carbonyl (C=O) groups excluding carboxylic acids is 2. The molecule has 0 heterocycles. The highest BCUT2D eigenvalue weighted by Crippen LogP contribution is 2.25. The Morgan fingerprint density at radius 3 is 2.14 bits per heavy atom. The van der Waals surface area contributed by atoms with Gasteiger partial charge in [-0.2, -0.15) is 0 Å². The molecule has 0 radical (unpaired) electrons. The van der Waals surface area contributed by atoms with Gasteiger partial charge in [0, 0.05) is 22.9 Å². The zero-order chi connectivity index (χ0) is 20.1. The van der Waals surface area contributed by atoms with Crippen LogP contribution in [-0.4, -0.2) is 18.9 Å². The van der Waals surface area contributed by atoms with Gasteiger partial charge in [0.15, 0.2) is 0 Å². The van der Waals surface area contributed by atoms with E-state index in [9.17, 15) is 9.59 Å². The van der Waals surface area contributed by atoms with Gasteiger partial charge in [-0.05, 0) is 52.6 Å². The van der Waals surface area contributed by atoms with Crippen LogP contribution in [-0.2, 0) is 22.4 Å². The van der Waals surface area contributed by atoms with Crippen molar-refractivity contribution in [3.05, 3.63) is 93.5 Å². The number of carbonyl (C=O) groups is 2. The Morgan fingerprint density at radius 1 is 0.821 bits per heavy atom. The highest BCUT2D eigenvalue weighted by molar-refractivity contribution is 6.34. The van der Waals surface area contributed by atoms with Crippen LogP contribution in [0.25, 0.3) is 11.1 Å². The molecule has 0 unspecified atom stereocenters. The van der Waals surface area contributed by atoms with Crippen molar-refractivity contribution in [1.29, 1.82) is 0 Å². The van der Waals surface area contributed by atoms with Gasteiger partial charge in [0.25, 0.3) is 0 Å². The second kappa shape index (κ2) is 9.05. The number of hydrogen-bond donors (Lipinski definition) is 0. The average molecular weight is 413 g/mol. The molecule has 0 spiro atoms. The molecular formula is C23H18Cl2O3. The topological polar surface area (TPSA) is 43.4 Å². The molecule has 0 aliphatic carbocycles. The maximum absolute atomic E-state index is 12.7.